The van der Waals surface area contributed by atoms with Crippen molar-refractivity contribution in [2.75, 3.05) is 14.1 Å². The summed E-state index contributed by atoms with van der Waals surface area (Å²) in [5.41, 5.74) is 5.55. The third-order valence-electron chi connectivity index (χ3n) is 0.901. The summed E-state index contributed by atoms with van der Waals surface area (Å²) < 4.78 is 0. The molecule has 2 N–H and O–H groups in total. The molecular weight excluding hydrogens is 234 g/mol. The minimum Gasteiger partial charge on any atom is -0.357 e. The summed E-state index contributed by atoms with van der Waals surface area (Å²) in [5, 5.41) is 1.64. The quantitative estimate of drug-likeness (QED) is 0.512. The van der Waals surface area contributed by atoms with E-state index in [4.69, 9.17) is 5.73 Å². The minimum absolute atomic E-state index is 0.0900. The molecule has 0 saturated heterocycles. The summed E-state index contributed by atoms with van der Waals surface area (Å²) >= 11 is 3.40. The largest absolute Gasteiger partial charge is 0.357 e. The number of hydrogen-bond acceptors (Lipinski definition) is 4. The van der Waals surface area contributed by atoms with Gasteiger partial charge in [0.2, 0.25) is 0 Å². The molecular formula is C4H8BrN3S2. The smallest absolute Gasteiger partial charge is 0.176 e. The van der Waals surface area contributed by atoms with Crippen LogP contribution in [0.4, 0.5) is 0 Å². The van der Waals surface area contributed by atoms with Crippen LogP contribution in [-0.4, -0.2) is 29.3 Å². The van der Waals surface area contributed by atoms with Crippen LogP contribution in [0.15, 0.2) is 4.99 Å². The van der Waals surface area contributed by atoms with Crippen molar-refractivity contribution in [2.24, 2.45) is 10.7 Å². The molecule has 3 nitrogen and oxygen atoms in total. The first-order valence-electron chi connectivity index (χ1n) is 2.58. The molecule has 0 aromatic heterocycles. The molecule has 6 heteroatoms. The molecule has 1 rings (SSSR count). The topological polar surface area (TPSA) is 41.6 Å². The Hall–Kier alpha value is 0.480. The molecule has 0 aliphatic carbocycles. The highest BCUT2D eigenvalue weighted by Crippen LogP contribution is 2.43. The Morgan fingerprint density at radius 2 is 2.30 bits per heavy atom. The standard InChI is InChI=1S/C4H8BrN3S2/c1-8(2)4-7-3(6)10(5)9-4/h6H2,1-2H3. The van der Waals surface area contributed by atoms with Gasteiger partial charge >= 0.3 is 0 Å². The van der Waals surface area contributed by atoms with Gasteiger partial charge in [-0.15, -0.1) is 0 Å². The highest BCUT2D eigenvalue weighted by atomic mass is 79.9. The molecule has 10 heavy (non-hydrogen) atoms. The lowest BCUT2D eigenvalue weighted by atomic mass is 10.9. The third kappa shape index (κ3) is 1.75. The van der Waals surface area contributed by atoms with Crippen LogP contribution in [0, 0.1) is 0 Å². The average molecular weight is 242 g/mol. The van der Waals surface area contributed by atoms with Crippen molar-refractivity contribution < 1.29 is 0 Å². The van der Waals surface area contributed by atoms with Crippen LogP contribution in [-0.2, 0) is 0 Å². The minimum atomic E-state index is -0.0900. The van der Waals surface area contributed by atoms with E-state index in [1.807, 2.05) is 19.0 Å². The van der Waals surface area contributed by atoms with Gasteiger partial charge in [0.15, 0.2) is 10.3 Å². The molecule has 0 aromatic carbocycles. The van der Waals surface area contributed by atoms with Crippen LogP contribution < -0.4 is 5.73 Å². The molecule has 1 aliphatic rings. The number of amidine groups is 1. The summed E-state index contributed by atoms with van der Waals surface area (Å²) in [6.45, 7) is 0. The highest BCUT2D eigenvalue weighted by molar-refractivity contribution is 9.65. The lowest BCUT2D eigenvalue weighted by Gasteiger charge is -2.08. The molecule has 58 valence electrons. The number of aliphatic imine (C=N–C) groups is 1. The van der Waals surface area contributed by atoms with Gasteiger partial charge in [-0.25, -0.2) is 4.99 Å². The average Bonchev–Trinajstić information content (AvgIpc) is 2.13. The lowest BCUT2D eigenvalue weighted by molar-refractivity contribution is 0.638. The van der Waals surface area contributed by atoms with Gasteiger partial charge in [0, 0.05) is 14.1 Å². The molecule has 0 aromatic rings. The monoisotopic (exact) mass is 241 g/mol. The molecule has 0 bridgehead atoms. The van der Waals surface area contributed by atoms with Gasteiger partial charge in [0.25, 0.3) is 0 Å². The van der Waals surface area contributed by atoms with Gasteiger partial charge in [-0.2, -0.15) is 0 Å². The van der Waals surface area contributed by atoms with Gasteiger partial charge in [0.1, 0.15) is 0 Å². The van der Waals surface area contributed by atoms with E-state index in [0.29, 0.717) is 5.11 Å². The first-order valence-corrected chi connectivity index (χ1v) is 6.98. The van der Waals surface area contributed by atoms with Crippen molar-refractivity contribution in [2.45, 2.75) is 0 Å². The summed E-state index contributed by atoms with van der Waals surface area (Å²) in [7, 11) is 5.46. The Labute approximate surface area is 73.6 Å². The predicted octanol–water partition coefficient (Wildman–Crippen LogP) is 1.19. The molecule has 1 aliphatic heterocycles. The van der Waals surface area contributed by atoms with E-state index in [1.165, 1.54) is 0 Å². The number of nitrogens with two attached hydrogens (primary N) is 1. The van der Waals surface area contributed by atoms with E-state index in [1.54, 1.807) is 10.8 Å². The third-order valence-corrected chi connectivity index (χ3v) is 5.66. The maximum absolute atomic E-state index is 5.55. The molecule has 1 heterocycles. The summed E-state index contributed by atoms with van der Waals surface area (Å²) in [4.78, 5) is 6.08. The number of rotatable bonds is 0. The van der Waals surface area contributed by atoms with Crippen LogP contribution >= 0.6 is 33.6 Å². The van der Waals surface area contributed by atoms with E-state index in [9.17, 15) is 0 Å². The van der Waals surface area contributed by atoms with Crippen molar-refractivity contribution in [3.05, 3.63) is 0 Å². The highest BCUT2D eigenvalue weighted by Gasteiger charge is 2.14. The van der Waals surface area contributed by atoms with Gasteiger partial charge < -0.3 is 4.90 Å². The normalized spacial score (nSPS) is 25.0. The van der Waals surface area contributed by atoms with Crippen LogP contribution in [0.2, 0.25) is 0 Å². The lowest BCUT2D eigenvalue weighted by Crippen LogP contribution is -2.18. The van der Waals surface area contributed by atoms with Gasteiger partial charge in [-0.3, -0.25) is 5.73 Å². The predicted molar refractivity (Wildman–Crippen MR) is 54.4 cm³/mol. The molecule has 0 radical (unpaired) electrons. The SMILES string of the molecule is CN(C)C1=NC(N)=S(Br)S1. The summed E-state index contributed by atoms with van der Waals surface area (Å²) in [6, 6.07) is 0. The fourth-order valence-electron chi connectivity index (χ4n) is 0.431. The van der Waals surface area contributed by atoms with E-state index in [-0.39, 0.29) is 7.95 Å². The molecule has 0 saturated carbocycles. The van der Waals surface area contributed by atoms with Crippen LogP contribution in [0.25, 0.3) is 0 Å². The van der Waals surface area contributed by atoms with E-state index < -0.39 is 0 Å². The Morgan fingerprint density at radius 1 is 1.70 bits per heavy atom. The fraction of sp³-hybridized carbons (Fsp3) is 0.500. The van der Waals surface area contributed by atoms with Crippen LogP contribution in [0.3, 0.4) is 0 Å². The van der Waals surface area contributed by atoms with Gasteiger partial charge in [0.05, 0.1) is 0 Å². The zero-order valence-corrected chi connectivity index (χ0v) is 8.89. The Bertz CT molecular complexity index is 211. The van der Waals surface area contributed by atoms with Gasteiger partial charge in [-0.1, -0.05) is 0 Å². The second-order valence-electron chi connectivity index (χ2n) is 1.93. The molecule has 1 unspecified atom stereocenters. The van der Waals surface area contributed by atoms with Gasteiger partial charge in [-0.05, 0) is 33.6 Å². The number of nitrogens with zero attached hydrogens (tertiary/aromatic N) is 2. The van der Waals surface area contributed by atoms with E-state index in [2.05, 4.69) is 19.8 Å². The second-order valence-corrected chi connectivity index (χ2v) is 8.06. The molecule has 0 fully saturated rings. The molecule has 0 amide bonds. The first kappa shape index (κ1) is 8.58. The number of hydrogen-bond donors (Lipinski definition) is 1. The van der Waals surface area contributed by atoms with Crippen molar-refractivity contribution in [1.82, 2.24) is 4.90 Å². The van der Waals surface area contributed by atoms with Crippen molar-refractivity contribution >= 4 is 43.8 Å². The molecule has 1 atom stereocenters. The Morgan fingerprint density at radius 3 is 2.50 bits per heavy atom. The zero-order chi connectivity index (χ0) is 7.72. The van der Waals surface area contributed by atoms with E-state index >= 15 is 0 Å². The van der Waals surface area contributed by atoms with Crippen LogP contribution in [0.1, 0.15) is 0 Å². The Kier molecular flexibility index (Phi) is 2.79. The zero-order valence-electron chi connectivity index (χ0n) is 5.67. The fourth-order valence-corrected chi connectivity index (χ4v) is 3.75. The van der Waals surface area contributed by atoms with Crippen molar-refractivity contribution in [3.8, 4) is 0 Å². The van der Waals surface area contributed by atoms with Crippen molar-refractivity contribution in [3.63, 3.8) is 0 Å². The molecule has 0 spiro atoms. The maximum atomic E-state index is 5.55. The van der Waals surface area contributed by atoms with Crippen LogP contribution in [0.5, 0.6) is 0 Å². The maximum Gasteiger partial charge on any atom is 0.176 e. The first-order chi connectivity index (χ1) is 4.61. The Balaban J connectivity index is 2.70. The summed E-state index contributed by atoms with van der Waals surface area (Å²) in [6.07, 6.45) is 0. The second kappa shape index (κ2) is 3.25. The van der Waals surface area contributed by atoms with E-state index in [0.717, 1.165) is 5.17 Å². The van der Waals surface area contributed by atoms with Crippen molar-refractivity contribution in [1.29, 1.82) is 0 Å². The number of halogens is 1. The summed E-state index contributed by atoms with van der Waals surface area (Å²) in [5.74, 6) is 0.